The third-order valence-electron chi connectivity index (χ3n) is 3.44. The number of likely N-dealkylation sites (tertiary alicyclic amines) is 1. The van der Waals surface area contributed by atoms with Crippen LogP contribution in [0.2, 0.25) is 0 Å². The monoisotopic (exact) mass is 405 g/mol. The number of rotatable bonds is 3. The number of amides is 1. The second-order valence-electron chi connectivity index (χ2n) is 5.24. The van der Waals surface area contributed by atoms with Crippen LogP contribution in [-0.4, -0.2) is 41.2 Å². The number of carbonyl (C=O) groups excluding carboxylic acids is 1. The van der Waals surface area contributed by atoms with E-state index in [0.29, 0.717) is 31.7 Å². The summed E-state index contributed by atoms with van der Waals surface area (Å²) in [5.41, 5.74) is -0.646. The number of hydrogen-bond donors (Lipinski definition) is 1. The zero-order valence-electron chi connectivity index (χ0n) is 11.2. The van der Waals surface area contributed by atoms with Crippen molar-refractivity contribution in [3.63, 3.8) is 0 Å². The zero-order valence-corrected chi connectivity index (χ0v) is 14.4. The number of aliphatic hydroxyl groups is 1. The Balaban J connectivity index is 1.86. The number of halogens is 2. The summed E-state index contributed by atoms with van der Waals surface area (Å²) in [6.07, 6.45) is 1.22. The van der Waals surface area contributed by atoms with Gasteiger partial charge < -0.3 is 14.7 Å². The molecule has 1 N–H and O–H groups in total. The van der Waals surface area contributed by atoms with Gasteiger partial charge >= 0.3 is 0 Å². The fourth-order valence-corrected chi connectivity index (χ4v) is 3.22. The molecule has 6 heteroatoms. The van der Waals surface area contributed by atoms with E-state index >= 15 is 0 Å². The van der Waals surface area contributed by atoms with E-state index in [0.717, 1.165) is 8.95 Å². The number of hydrogen-bond acceptors (Lipinski definition) is 3. The average molecular weight is 407 g/mol. The largest absolute Gasteiger partial charge is 0.483 e. The fourth-order valence-electron chi connectivity index (χ4n) is 2.06. The first-order valence-electron chi connectivity index (χ1n) is 6.45. The maximum atomic E-state index is 12.1. The van der Waals surface area contributed by atoms with Crippen LogP contribution in [-0.2, 0) is 4.79 Å². The standard InChI is InChI=1S/C14H17Br2NO3/c1-14(19)4-6-17(7-5-14)13(18)9-20-12-3-2-10(15)8-11(12)16/h2-3,8,19H,4-7,9H2,1H3. The molecule has 1 saturated heterocycles. The van der Waals surface area contributed by atoms with Crippen molar-refractivity contribution in [2.45, 2.75) is 25.4 Å². The van der Waals surface area contributed by atoms with E-state index in [-0.39, 0.29) is 12.5 Å². The van der Waals surface area contributed by atoms with E-state index < -0.39 is 5.60 Å². The minimum Gasteiger partial charge on any atom is -0.483 e. The van der Waals surface area contributed by atoms with Crippen molar-refractivity contribution in [1.29, 1.82) is 0 Å². The topological polar surface area (TPSA) is 49.8 Å². The summed E-state index contributed by atoms with van der Waals surface area (Å²) in [6.45, 7) is 2.99. The Kier molecular flexibility index (Phi) is 5.09. The molecule has 0 radical (unpaired) electrons. The number of piperidine rings is 1. The van der Waals surface area contributed by atoms with Gasteiger partial charge in [0.05, 0.1) is 10.1 Å². The molecule has 2 rings (SSSR count). The van der Waals surface area contributed by atoms with E-state index in [9.17, 15) is 9.90 Å². The van der Waals surface area contributed by atoms with Crippen LogP contribution in [0, 0.1) is 0 Å². The lowest BCUT2D eigenvalue weighted by atomic mass is 9.94. The van der Waals surface area contributed by atoms with Crippen molar-refractivity contribution >= 4 is 37.8 Å². The predicted molar refractivity (Wildman–Crippen MR) is 83.8 cm³/mol. The lowest BCUT2D eigenvalue weighted by Crippen LogP contribution is -2.46. The van der Waals surface area contributed by atoms with Gasteiger partial charge in [0.15, 0.2) is 6.61 Å². The summed E-state index contributed by atoms with van der Waals surface area (Å²) in [5.74, 6) is 0.598. The molecule has 1 heterocycles. The van der Waals surface area contributed by atoms with E-state index in [1.165, 1.54) is 0 Å². The molecule has 0 aliphatic carbocycles. The smallest absolute Gasteiger partial charge is 0.260 e. The average Bonchev–Trinajstić information content (AvgIpc) is 2.37. The maximum Gasteiger partial charge on any atom is 0.260 e. The normalized spacial score (nSPS) is 17.9. The highest BCUT2D eigenvalue weighted by Crippen LogP contribution is 2.28. The van der Waals surface area contributed by atoms with Gasteiger partial charge in [0.25, 0.3) is 5.91 Å². The maximum absolute atomic E-state index is 12.1. The van der Waals surface area contributed by atoms with Crippen LogP contribution in [0.5, 0.6) is 5.75 Å². The molecule has 0 atom stereocenters. The van der Waals surface area contributed by atoms with Crippen molar-refractivity contribution in [2.75, 3.05) is 19.7 Å². The number of carbonyl (C=O) groups is 1. The summed E-state index contributed by atoms with van der Waals surface area (Å²) in [5, 5.41) is 9.86. The van der Waals surface area contributed by atoms with E-state index in [1.807, 2.05) is 25.1 Å². The van der Waals surface area contributed by atoms with Gasteiger partial charge in [-0.25, -0.2) is 0 Å². The zero-order chi connectivity index (χ0) is 14.8. The SMILES string of the molecule is CC1(O)CCN(C(=O)COc2ccc(Br)cc2Br)CC1. The number of benzene rings is 1. The Morgan fingerprint density at radius 2 is 2.05 bits per heavy atom. The van der Waals surface area contributed by atoms with Gasteiger partial charge in [-0.15, -0.1) is 0 Å². The summed E-state index contributed by atoms with van der Waals surface area (Å²) >= 11 is 6.76. The van der Waals surface area contributed by atoms with Gasteiger partial charge in [-0.3, -0.25) is 4.79 Å². The third kappa shape index (κ3) is 4.20. The lowest BCUT2D eigenvalue weighted by molar-refractivity contribution is -0.137. The third-order valence-corrected chi connectivity index (χ3v) is 4.55. The van der Waals surface area contributed by atoms with Gasteiger partial charge in [-0.2, -0.15) is 0 Å². The molecule has 1 amide bonds. The second kappa shape index (κ2) is 6.45. The minimum atomic E-state index is -0.646. The highest BCUT2D eigenvalue weighted by Gasteiger charge is 2.29. The Bertz CT molecular complexity index is 495. The van der Waals surface area contributed by atoms with Crippen LogP contribution in [0.4, 0.5) is 0 Å². The van der Waals surface area contributed by atoms with Crippen molar-refractivity contribution in [3.8, 4) is 5.75 Å². The highest BCUT2D eigenvalue weighted by atomic mass is 79.9. The first-order chi connectivity index (χ1) is 9.37. The summed E-state index contributed by atoms with van der Waals surface area (Å²) in [7, 11) is 0. The van der Waals surface area contributed by atoms with Crippen molar-refractivity contribution in [3.05, 3.63) is 27.1 Å². The van der Waals surface area contributed by atoms with Crippen molar-refractivity contribution in [2.24, 2.45) is 0 Å². The Morgan fingerprint density at radius 1 is 1.40 bits per heavy atom. The molecule has 1 aromatic carbocycles. The highest BCUT2D eigenvalue weighted by molar-refractivity contribution is 9.11. The minimum absolute atomic E-state index is 0.0162. The molecule has 0 spiro atoms. The molecule has 110 valence electrons. The van der Waals surface area contributed by atoms with Crippen LogP contribution >= 0.6 is 31.9 Å². The molecular formula is C14H17Br2NO3. The molecule has 0 unspecified atom stereocenters. The van der Waals surface area contributed by atoms with Crippen LogP contribution in [0.25, 0.3) is 0 Å². The lowest BCUT2D eigenvalue weighted by Gasteiger charge is -2.35. The van der Waals surface area contributed by atoms with Crippen molar-refractivity contribution < 1.29 is 14.6 Å². The molecule has 1 aliphatic heterocycles. The van der Waals surface area contributed by atoms with E-state index in [2.05, 4.69) is 31.9 Å². The molecular weight excluding hydrogens is 390 g/mol. The molecule has 1 fully saturated rings. The molecule has 1 aromatic rings. The first-order valence-corrected chi connectivity index (χ1v) is 8.04. The summed E-state index contributed by atoms with van der Waals surface area (Å²) in [6, 6.07) is 5.54. The van der Waals surface area contributed by atoms with Gasteiger partial charge in [-0.1, -0.05) is 15.9 Å². The van der Waals surface area contributed by atoms with Crippen molar-refractivity contribution in [1.82, 2.24) is 4.90 Å². The van der Waals surface area contributed by atoms with Crippen LogP contribution in [0.3, 0.4) is 0 Å². The fraction of sp³-hybridized carbons (Fsp3) is 0.500. The Labute approximate surface area is 135 Å². The number of nitrogens with zero attached hydrogens (tertiary/aromatic N) is 1. The molecule has 1 aliphatic rings. The number of ether oxygens (including phenoxy) is 1. The van der Waals surface area contributed by atoms with Crippen LogP contribution in [0.15, 0.2) is 27.1 Å². The first kappa shape index (κ1) is 15.8. The van der Waals surface area contributed by atoms with Crippen LogP contribution < -0.4 is 4.74 Å². The van der Waals surface area contributed by atoms with E-state index in [4.69, 9.17) is 4.74 Å². The molecule has 4 nitrogen and oxygen atoms in total. The Morgan fingerprint density at radius 3 is 2.65 bits per heavy atom. The van der Waals surface area contributed by atoms with Gasteiger partial charge in [-0.05, 0) is 53.9 Å². The van der Waals surface area contributed by atoms with Gasteiger partial charge in [0.2, 0.25) is 0 Å². The molecule has 0 aromatic heterocycles. The van der Waals surface area contributed by atoms with Crippen LogP contribution in [0.1, 0.15) is 19.8 Å². The summed E-state index contributed by atoms with van der Waals surface area (Å²) in [4.78, 5) is 13.8. The quantitative estimate of drug-likeness (QED) is 0.839. The Hall–Kier alpha value is -0.590. The van der Waals surface area contributed by atoms with Gasteiger partial charge in [0, 0.05) is 17.6 Å². The molecule has 20 heavy (non-hydrogen) atoms. The summed E-state index contributed by atoms with van der Waals surface area (Å²) < 4.78 is 7.29. The predicted octanol–water partition coefficient (Wildman–Crippen LogP) is 2.96. The van der Waals surface area contributed by atoms with E-state index in [1.54, 1.807) is 4.90 Å². The van der Waals surface area contributed by atoms with Gasteiger partial charge in [0.1, 0.15) is 5.75 Å². The second-order valence-corrected chi connectivity index (χ2v) is 7.01. The molecule has 0 bridgehead atoms. The molecule has 0 saturated carbocycles.